The first kappa shape index (κ1) is 13.5. The lowest BCUT2D eigenvalue weighted by molar-refractivity contribution is 0.0696. The molecule has 2 aromatic heterocycles. The number of aromatic carboxylic acids is 1. The number of imidazole rings is 1. The van der Waals surface area contributed by atoms with Gasteiger partial charge in [-0.3, -0.25) is 0 Å². The van der Waals surface area contributed by atoms with Gasteiger partial charge in [-0.25, -0.2) is 9.78 Å². The van der Waals surface area contributed by atoms with E-state index in [0.717, 1.165) is 11.3 Å². The summed E-state index contributed by atoms with van der Waals surface area (Å²) in [4.78, 5) is 15.4. The number of benzene rings is 1. The zero-order valence-electron chi connectivity index (χ0n) is 10.9. The van der Waals surface area contributed by atoms with Crippen LogP contribution in [0.3, 0.4) is 0 Å². The van der Waals surface area contributed by atoms with Crippen molar-refractivity contribution in [2.24, 2.45) is 0 Å². The molecule has 0 fully saturated rings. The van der Waals surface area contributed by atoms with E-state index in [-0.39, 0.29) is 17.2 Å². The minimum Gasteiger partial charge on any atom is -0.487 e. The van der Waals surface area contributed by atoms with Gasteiger partial charge in [-0.15, -0.1) is 0 Å². The molecule has 0 amide bonds. The van der Waals surface area contributed by atoms with Gasteiger partial charge in [0.15, 0.2) is 0 Å². The summed E-state index contributed by atoms with van der Waals surface area (Å²) in [5.74, 6) is -0.646. The standard InChI is InChI=1S/C15H11ClN2O3/c16-13-5-4-11(7-12(13)15(19)20)21-9-10-8-18-6-2-1-3-14(18)17-10/h1-8H,9H2,(H,19,20). The van der Waals surface area contributed by atoms with Crippen molar-refractivity contribution in [2.75, 3.05) is 0 Å². The highest BCUT2D eigenvalue weighted by Gasteiger charge is 2.10. The van der Waals surface area contributed by atoms with Gasteiger partial charge in [-0.1, -0.05) is 17.7 Å². The second kappa shape index (κ2) is 5.46. The third-order valence-corrected chi connectivity index (χ3v) is 3.30. The number of ether oxygens (including phenoxy) is 1. The fraction of sp³-hybridized carbons (Fsp3) is 0.0667. The Morgan fingerprint density at radius 3 is 2.95 bits per heavy atom. The monoisotopic (exact) mass is 302 g/mol. The predicted molar refractivity (Wildman–Crippen MR) is 77.9 cm³/mol. The Balaban J connectivity index is 1.78. The van der Waals surface area contributed by atoms with Gasteiger partial charge in [-0.2, -0.15) is 0 Å². The number of hydrogen-bond acceptors (Lipinski definition) is 3. The van der Waals surface area contributed by atoms with E-state index < -0.39 is 5.97 Å². The van der Waals surface area contributed by atoms with Gasteiger partial charge in [0, 0.05) is 12.4 Å². The molecule has 0 saturated heterocycles. The zero-order chi connectivity index (χ0) is 14.8. The van der Waals surface area contributed by atoms with Crippen LogP contribution in [-0.4, -0.2) is 20.5 Å². The Kier molecular flexibility index (Phi) is 3.50. The number of aromatic nitrogens is 2. The van der Waals surface area contributed by atoms with E-state index in [1.807, 2.05) is 35.0 Å². The molecule has 2 heterocycles. The number of carboxylic acid groups (broad SMARTS) is 1. The van der Waals surface area contributed by atoms with Crippen LogP contribution in [0.4, 0.5) is 0 Å². The molecule has 3 aromatic rings. The summed E-state index contributed by atoms with van der Waals surface area (Å²) in [6.07, 6.45) is 3.76. The molecule has 106 valence electrons. The predicted octanol–water partition coefficient (Wildman–Crippen LogP) is 3.26. The Hall–Kier alpha value is -2.53. The molecular formula is C15H11ClN2O3. The summed E-state index contributed by atoms with van der Waals surface area (Å²) in [6, 6.07) is 10.3. The molecule has 0 radical (unpaired) electrons. The molecule has 0 bridgehead atoms. The van der Waals surface area contributed by atoms with E-state index in [1.165, 1.54) is 12.1 Å². The molecule has 6 heteroatoms. The summed E-state index contributed by atoms with van der Waals surface area (Å²) in [7, 11) is 0. The third-order valence-electron chi connectivity index (χ3n) is 2.97. The molecule has 0 atom stereocenters. The second-order valence-electron chi connectivity index (χ2n) is 4.43. The lowest BCUT2D eigenvalue weighted by Gasteiger charge is -2.06. The summed E-state index contributed by atoms with van der Waals surface area (Å²) in [6.45, 7) is 0.252. The van der Waals surface area contributed by atoms with Crippen LogP contribution in [0.2, 0.25) is 5.02 Å². The minimum absolute atomic E-state index is 0.0177. The van der Waals surface area contributed by atoms with Crippen LogP contribution < -0.4 is 4.74 Å². The maximum absolute atomic E-state index is 11.0. The molecule has 0 spiro atoms. The van der Waals surface area contributed by atoms with Crippen molar-refractivity contribution in [1.82, 2.24) is 9.38 Å². The van der Waals surface area contributed by atoms with Crippen molar-refractivity contribution in [1.29, 1.82) is 0 Å². The minimum atomic E-state index is -1.09. The molecule has 3 rings (SSSR count). The molecule has 21 heavy (non-hydrogen) atoms. The average Bonchev–Trinajstić information content (AvgIpc) is 2.89. The van der Waals surface area contributed by atoms with Gasteiger partial charge in [-0.05, 0) is 30.3 Å². The zero-order valence-corrected chi connectivity index (χ0v) is 11.6. The van der Waals surface area contributed by atoms with Crippen LogP contribution in [0, 0.1) is 0 Å². The maximum Gasteiger partial charge on any atom is 0.337 e. The second-order valence-corrected chi connectivity index (χ2v) is 4.84. The quantitative estimate of drug-likeness (QED) is 0.803. The molecule has 5 nitrogen and oxygen atoms in total. The number of fused-ring (bicyclic) bond motifs is 1. The van der Waals surface area contributed by atoms with Gasteiger partial charge in [0.2, 0.25) is 0 Å². The summed E-state index contributed by atoms with van der Waals surface area (Å²) in [5.41, 5.74) is 1.61. The van der Waals surface area contributed by atoms with Crippen molar-refractivity contribution >= 4 is 23.2 Å². The number of carboxylic acids is 1. The molecule has 0 saturated carbocycles. The molecule has 0 unspecified atom stereocenters. The van der Waals surface area contributed by atoms with Crippen LogP contribution in [0.1, 0.15) is 16.1 Å². The highest BCUT2D eigenvalue weighted by Crippen LogP contribution is 2.22. The molecular weight excluding hydrogens is 292 g/mol. The fourth-order valence-electron chi connectivity index (χ4n) is 1.97. The number of pyridine rings is 1. The van der Waals surface area contributed by atoms with E-state index in [2.05, 4.69) is 4.98 Å². The van der Waals surface area contributed by atoms with E-state index in [1.54, 1.807) is 6.07 Å². The van der Waals surface area contributed by atoms with Crippen LogP contribution >= 0.6 is 11.6 Å². The normalized spacial score (nSPS) is 10.7. The van der Waals surface area contributed by atoms with E-state index >= 15 is 0 Å². The first-order valence-corrected chi connectivity index (χ1v) is 6.59. The maximum atomic E-state index is 11.0. The van der Waals surface area contributed by atoms with Crippen molar-refractivity contribution < 1.29 is 14.6 Å². The molecule has 1 aromatic carbocycles. The van der Waals surface area contributed by atoms with Crippen LogP contribution in [0.25, 0.3) is 5.65 Å². The van der Waals surface area contributed by atoms with Gasteiger partial charge < -0.3 is 14.2 Å². The van der Waals surface area contributed by atoms with E-state index in [4.69, 9.17) is 21.4 Å². The van der Waals surface area contributed by atoms with Crippen molar-refractivity contribution in [3.05, 3.63) is 65.1 Å². The molecule has 0 aliphatic carbocycles. The van der Waals surface area contributed by atoms with Crippen molar-refractivity contribution in [3.8, 4) is 5.75 Å². The number of hydrogen-bond donors (Lipinski definition) is 1. The Morgan fingerprint density at radius 1 is 1.33 bits per heavy atom. The van der Waals surface area contributed by atoms with Crippen molar-refractivity contribution in [3.63, 3.8) is 0 Å². The van der Waals surface area contributed by atoms with Crippen LogP contribution in [-0.2, 0) is 6.61 Å². The van der Waals surface area contributed by atoms with Gasteiger partial charge >= 0.3 is 5.97 Å². The highest BCUT2D eigenvalue weighted by atomic mass is 35.5. The van der Waals surface area contributed by atoms with Crippen LogP contribution in [0.5, 0.6) is 5.75 Å². The number of halogens is 1. The van der Waals surface area contributed by atoms with Crippen LogP contribution in [0.15, 0.2) is 48.8 Å². The number of nitrogens with zero attached hydrogens (tertiary/aromatic N) is 2. The Bertz CT molecular complexity index is 781. The Morgan fingerprint density at radius 2 is 2.19 bits per heavy atom. The number of rotatable bonds is 4. The van der Waals surface area contributed by atoms with E-state index in [9.17, 15) is 4.79 Å². The largest absolute Gasteiger partial charge is 0.487 e. The smallest absolute Gasteiger partial charge is 0.337 e. The molecule has 1 N–H and O–H groups in total. The molecule has 0 aliphatic heterocycles. The lowest BCUT2D eigenvalue weighted by atomic mass is 10.2. The van der Waals surface area contributed by atoms with Gasteiger partial charge in [0.25, 0.3) is 0 Å². The lowest BCUT2D eigenvalue weighted by Crippen LogP contribution is -2.00. The number of carbonyl (C=O) groups is 1. The highest BCUT2D eigenvalue weighted by molar-refractivity contribution is 6.33. The summed E-state index contributed by atoms with van der Waals surface area (Å²) in [5, 5.41) is 9.20. The third kappa shape index (κ3) is 2.83. The average molecular weight is 303 g/mol. The van der Waals surface area contributed by atoms with E-state index in [0.29, 0.717) is 5.75 Å². The summed E-state index contributed by atoms with van der Waals surface area (Å²) < 4.78 is 7.46. The first-order valence-electron chi connectivity index (χ1n) is 6.22. The summed E-state index contributed by atoms with van der Waals surface area (Å²) >= 11 is 5.81. The first-order chi connectivity index (χ1) is 10.1. The molecule has 0 aliphatic rings. The Labute approximate surface area is 125 Å². The SMILES string of the molecule is O=C(O)c1cc(OCc2cn3ccccc3n2)ccc1Cl. The van der Waals surface area contributed by atoms with Crippen molar-refractivity contribution in [2.45, 2.75) is 6.61 Å². The topological polar surface area (TPSA) is 63.8 Å². The van der Waals surface area contributed by atoms with Gasteiger partial charge in [0.05, 0.1) is 16.3 Å². The fourth-order valence-corrected chi connectivity index (χ4v) is 2.17. The van der Waals surface area contributed by atoms with Gasteiger partial charge in [0.1, 0.15) is 18.0 Å².